The van der Waals surface area contributed by atoms with Gasteiger partial charge in [0.25, 0.3) is 0 Å². The molecule has 0 radical (unpaired) electrons. The van der Waals surface area contributed by atoms with E-state index in [1.165, 1.54) is 0 Å². The summed E-state index contributed by atoms with van der Waals surface area (Å²) in [6.45, 7) is 7.06. The molecular formula is C10H20O2. The van der Waals surface area contributed by atoms with Crippen LogP contribution < -0.4 is 0 Å². The van der Waals surface area contributed by atoms with Crippen LogP contribution in [0.5, 0.6) is 0 Å². The topological polar surface area (TPSA) is 40.5 Å². The van der Waals surface area contributed by atoms with Crippen molar-refractivity contribution in [2.45, 2.75) is 51.7 Å². The number of hydrogen-bond acceptors (Lipinski definition) is 2. The molecule has 0 spiro atoms. The highest BCUT2D eigenvalue weighted by atomic mass is 16.3. The van der Waals surface area contributed by atoms with Crippen molar-refractivity contribution in [3.05, 3.63) is 12.2 Å². The van der Waals surface area contributed by atoms with Gasteiger partial charge >= 0.3 is 0 Å². The van der Waals surface area contributed by atoms with Gasteiger partial charge in [-0.15, -0.1) is 0 Å². The van der Waals surface area contributed by atoms with Crippen LogP contribution in [0.4, 0.5) is 0 Å². The fraction of sp³-hybridized carbons (Fsp3) is 0.800. The molecule has 0 aliphatic rings. The van der Waals surface area contributed by atoms with Crippen LogP contribution in [0.3, 0.4) is 0 Å². The highest BCUT2D eigenvalue weighted by Gasteiger charge is 2.11. The van der Waals surface area contributed by atoms with E-state index in [-0.39, 0.29) is 0 Å². The largest absolute Gasteiger partial charge is 0.390 e. The summed E-state index contributed by atoms with van der Waals surface area (Å²) in [7, 11) is 0. The molecule has 0 aliphatic carbocycles. The Labute approximate surface area is 74.9 Å². The van der Waals surface area contributed by atoms with Crippen LogP contribution in [0.25, 0.3) is 0 Å². The van der Waals surface area contributed by atoms with E-state index < -0.39 is 11.2 Å². The molecule has 72 valence electrons. The summed E-state index contributed by atoms with van der Waals surface area (Å²) >= 11 is 0. The molecule has 0 bridgehead atoms. The van der Waals surface area contributed by atoms with Crippen molar-refractivity contribution in [3.8, 4) is 0 Å². The molecule has 0 atom stereocenters. The van der Waals surface area contributed by atoms with Crippen LogP contribution in [0.15, 0.2) is 12.2 Å². The van der Waals surface area contributed by atoms with E-state index in [4.69, 9.17) is 0 Å². The zero-order valence-electron chi connectivity index (χ0n) is 8.46. The second kappa shape index (κ2) is 4.06. The molecule has 0 aromatic rings. The molecule has 0 rings (SSSR count). The second-order valence-electron chi connectivity index (χ2n) is 4.50. The number of rotatable bonds is 4. The van der Waals surface area contributed by atoms with Crippen molar-refractivity contribution >= 4 is 0 Å². The molecule has 2 N–H and O–H groups in total. The normalized spacial score (nSPS) is 14.2. The van der Waals surface area contributed by atoms with Crippen LogP contribution in [-0.4, -0.2) is 21.4 Å². The Morgan fingerprint density at radius 1 is 0.833 bits per heavy atom. The first-order valence-electron chi connectivity index (χ1n) is 4.30. The van der Waals surface area contributed by atoms with Gasteiger partial charge in [0.05, 0.1) is 11.2 Å². The third-order valence-corrected chi connectivity index (χ3v) is 1.40. The predicted octanol–water partition coefficient (Wildman–Crippen LogP) is 1.86. The Kier molecular flexibility index (Phi) is 3.94. The monoisotopic (exact) mass is 172 g/mol. The van der Waals surface area contributed by atoms with Crippen LogP contribution in [-0.2, 0) is 0 Å². The van der Waals surface area contributed by atoms with Gasteiger partial charge < -0.3 is 10.2 Å². The Bertz CT molecular complexity index is 128. The predicted molar refractivity (Wildman–Crippen MR) is 51.0 cm³/mol. The summed E-state index contributed by atoms with van der Waals surface area (Å²) in [4.78, 5) is 0. The maximum absolute atomic E-state index is 9.33. The van der Waals surface area contributed by atoms with Crippen molar-refractivity contribution in [2.75, 3.05) is 0 Å². The lowest BCUT2D eigenvalue weighted by molar-refractivity contribution is 0.0791. The number of hydrogen-bond donors (Lipinski definition) is 2. The van der Waals surface area contributed by atoms with Crippen molar-refractivity contribution in [1.82, 2.24) is 0 Å². The zero-order chi connectivity index (χ0) is 9.83. The molecule has 2 nitrogen and oxygen atoms in total. The van der Waals surface area contributed by atoms with E-state index in [9.17, 15) is 10.2 Å². The maximum atomic E-state index is 9.33. The van der Waals surface area contributed by atoms with E-state index >= 15 is 0 Å². The molecule has 0 aliphatic heterocycles. The first-order chi connectivity index (χ1) is 5.21. The molecule has 0 unspecified atom stereocenters. The summed E-state index contributed by atoms with van der Waals surface area (Å²) in [5, 5.41) is 18.7. The molecule has 0 fully saturated rings. The van der Waals surface area contributed by atoms with Gasteiger partial charge in [0.2, 0.25) is 0 Å². The average molecular weight is 172 g/mol. The van der Waals surface area contributed by atoms with E-state index in [1.54, 1.807) is 27.7 Å². The molecule has 2 heteroatoms. The van der Waals surface area contributed by atoms with Crippen molar-refractivity contribution in [3.63, 3.8) is 0 Å². The first-order valence-corrected chi connectivity index (χ1v) is 4.30. The van der Waals surface area contributed by atoms with Crippen molar-refractivity contribution in [2.24, 2.45) is 0 Å². The van der Waals surface area contributed by atoms with Crippen LogP contribution in [0.2, 0.25) is 0 Å². The first kappa shape index (κ1) is 11.7. The Hall–Kier alpha value is -0.340. The maximum Gasteiger partial charge on any atom is 0.0626 e. The second-order valence-corrected chi connectivity index (χ2v) is 4.50. The zero-order valence-corrected chi connectivity index (χ0v) is 8.46. The van der Waals surface area contributed by atoms with Gasteiger partial charge in [0.1, 0.15) is 0 Å². The fourth-order valence-corrected chi connectivity index (χ4v) is 0.743. The van der Waals surface area contributed by atoms with Gasteiger partial charge in [-0.3, -0.25) is 0 Å². The van der Waals surface area contributed by atoms with Crippen LogP contribution >= 0.6 is 0 Å². The highest BCUT2D eigenvalue weighted by Crippen LogP contribution is 2.11. The molecule has 0 heterocycles. The van der Waals surface area contributed by atoms with Gasteiger partial charge in [-0.2, -0.15) is 0 Å². The summed E-state index contributed by atoms with van der Waals surface area (Å²) < 4.78 is 0. The van der Waals surface area contributed by atoms with Gasteiger partial charge in [-0.1, -0.05) is 12.2 Å². The van der Waals surface area contributed by atoms with E-state index in [1.807, 2.05) is 12.2 Å². The van der Waals surface area contributed by atoms with Gasteiger partial charge in [0, 0.05) is 0 Å². The van der Waals surface area contributed by atoms with Crippen molar-refractivity contribution < 1.29 is 10.2 Å². The quantitative estimate of drug-likeness (QED) is 0.635. The molecule has 0 saturated heterocycles. The third kappa shape index (κ3) is 9.66. The van der Waals surface area contributed by atoms with Gasteiger partial charge in [-0.05, 0) is 40.5 Å². The van der Waals surface area contributed by atoms with Gasteiger partial charge in [-0.25, -0.2) is 0 Å². The molecule has 0 amide bonds. The van der Waals surface area contributed by atoms with E-state index in [2.05, 4.69) is 0 Å². The summed E-state index contributed by atoms with van der Waals surface area (Å²) in [6.07, 6.45) is 5.06. The smallest absolute Gasteiger partial charge is 0.0626 e. The summed E-state index contributed by atoms with van der Waals surface area (Å²) in [5.74, 6) is 0. The minimum atomic E-state index is -0.643. The highest BCUT2D eigenvalue weighted by molar-refractivity contribution is 4.90. The fourth-order valence-electron chi connectivity index (χ4n) is 0.743. The van der Waals surface area contributed by atoms with Crippen LogP contribution in [0.1, 0.15) is 40.5 Å². The van der Waals surface area contributed by atoms with E-state index in [0.717, 1.165) is 0 Å². The lowest BCUT2D eigenvalue weighted by Crippen LogP contribution is -2.18. The summed E-state index contributed by atoms with van der Waals surface area (Å²) in [6, 6.07) is 0. The molecular weight excluding hydrogens is 152 g/mol. The Balaban J connectivity index is 3.66. The average Bonchev–Trinajstić information content (AvgIpc) is 1.76. The van der Waals surface area contributed by atoms with Crippen LogP contribution in [0, 0.1) is 0 Å². The Morgan fingerprint density at radius 2 is 1.08 bits per heavy atom. The van der Waals surface area contributed by atoms with Gasteiger partial charge in [0.15, 0.2) is 0 Å². The molecule has 0 aromatic heterocycles. The van der Waals surface area contributed by atoms with Crippen molar-refractivity contribution in [1.29, 1.82) is 0 Å². The molecule has 0 saturated carbocycles. The summed E-state index contributed by atoms with van der Waals surface area (Å²) in [5.41, 5.74) is -1.29. The molecule has 12 heavy (non-hydrogen) atoms. The third-order valence-electron chi connectivity index (χ3n) is 1.40. The minimum Gasteiger partial charge on any atom is -0.390 e. The lowest BCUT2D eigenvalue weighted by Gasteiger charge is -2.15. The standard InChI is InChI=1S/C10H20O2/c1-9(2,11)7-5-6-8-10(3,4)12/h5-6,11-12H,7-8H2,1-4H3. The SMILES string of the molecule is CC(C)(O)CC=CCC(C)(C)O. The number of aliphatic hydroxyl groups is 2. The minimum absolute atomic E-state index is 0.628. The Morgan fingerprint density at radius 3 is 1.25 bits per heavy atom. The van der Waals surface area contributed by atoms with E-state index in [0.29, 0.717) is 12.8 Å². The molecule has 0 aromatic carbocycles. The lowest BCUT2D eigenvalue weighted by atomic mass is 10.0.